The molecule has 0 spiro atoms. The zero-order chi connectivity index (χ0) is 49.0. The molecule has 348 valence electrons. The quantitative estimate of drug-likeness (QED) is 0.150. The topological polar surface area (TPSA) is 11.4 Å². The second-order valence-corrected chi connectivity index (χ2v) is 20.9. The van der Waals surface area contributed by atoms with Crippen molar-refractivity contribution in [3.63, 3.8) is 0 Å². The average molecular weight is 936 g/mol. The highest BCUT2D eigenvalue weighted by Gasteiger charge is 2.37. The van der Waals surface area contributed by atoms with Crippen LogP contribution in [0.25, 0.3) is 71.6 Å². The van der Waals surface area contributed by atoms with Gasteiger partial charge in [-0.1, -0.05) is 185 Å². The third kappa shape index (κ3) is 6.58. The summed E-state index contributed by atoms with van der Waals surface area (Å²) in [4.78, 5) is 4.92. The Morgan fingerprint density at radius 1 is 0.301 bits per heavy atom. The predicted octanol–water partition coefficient (Wildman–Crippen LogP) is 19.2. The molecule has 0 radical (unpaired) electrons. The number of hydrogen-bond donors (Lipinski definition) is 0. The van der Waals surface area contributed by atoms with Gasteiger partial charge in [-0.15, -0.1) is 0 Å². The third-order valence-corrected chi connectivity index (χ3v) is 16.1. The molecule has 14 rings (SSSR count). The molecule has 0 atom stereocenters. The van der Waals surface area contributed by atoms with Crippen LogP contribution in [0, 0.1) is 0 Å². The largest absolute Gasteiger partial charge is 0.310 e. The summed E-state index contributed by atoms with van der Waals surface area (Å²) in [6.07, 6.45) is 0. The van der Waals surface area contributed by atoms with E-state index in [0.717, 1.165) is 45.3 Å². The fourth-order valence-electron chi connectivity index (χ4n) is 12.6. The summed E-state index contributed by atoms with van der Waals surface area (Å²) in [5, 5.41) is 4.88. The molecular formula is C70H53N3. The molecular weight excluding hydrogens is 883 g/mol. The maximum Gasteiger partial charge on any atom is 0.0541 e. The minimum absolute atomic E-state index is 0.151. The van der Waals surface area contributed by atoms with Crippen molar-refractivity contribution in [3.8, 4) is 39.1 Å². The number of fused-ring (bicyclic) bond motifs is 10. The van der Waals surface area contributed by atoms with E-state index in [1.54, 1.807) is 0 Å². The first-order chi connectivity index (χ1) is 35.7. The maximum absolute atomic E-state index is 2.48. The monoisotopic (exact) mass is 935 g/mol. The number of nitrogens with zero attached hydrogens (tertiary/aromatic N) is 3. The van der Waals surface area contributed by atoms with E-state index in [9.17, 15) is 0 Å². The normalized spacial score (nSPS) is 13.7. The van der Waals surface area contributed by atoms with E-state index in [-0.39, 0.29) is 10.8 Å². The van der Waals surface area contributed by atoms with Gasteiger partial charge in [0.25, 0.3) is 0 Å². The van der Waals surface area contributed by atoms with Crippen LogP contribution < -0.4 is 9.80 Å². The molecule has 0 unspecified atom stereocenters. The molecule has 0 N–H and O–H groups in total. The van der Waals surface area contributed by atoms with Gasteiger partial charge in [-0.2, -0.15) is 0 Å². The van der Waals surface area contributed by atoms with Gasteiger partial charge in [-0.3, -0.25) is 0 Å². The first kappa shape index (κ1) is 42.9. The summed E-state index contributed by atoms with van der Waals surface area (Å²) in [6.45, 7) is 9.47. The van der Waals surface area contributed by atoms with Gasteiger partial charge in [-0.25, -0.2) is 0 Å². The van der Waals surface area contributed by atoms with E-state index >= 15 is 0 Å². The molecule has 1 aromatic heterocycles. The summed E-state index contributed by atoms with van der Waals surface area (Å²) in [6, 6.07) is 92.3. The molecule has 11 aromatic carbocycles. The standard InChI is InChI=1S/C70H53N3/c1-69(2)61-30-16-13-27-54(61)56-38-35-51(44-63(56)69)71(48-22-7-5-8-23-48)50-37-41-67(72(49-24-9-6-10-25-49)52-36-39-57-55-28-14-17-31-62(55)70(3,4)64(57)45-52)59(43-50)47-34-40-68-60(42-47)58-29-15-18-32-66(58)73(68)65-33-19-21-46-20-11-12-26-53(46)65/h5-45H,1-4H3. The Morgan fingerprint density at radius 2 is 0.795 bits per heavy atom. The van der Waals surface area contributed by atoms with Crippen LogP contribution in [0.2, 0.25) is 0 Å². The maximum atomic E-state index is 2.48. The van der Waals surface area contributed by atoms with Crippen LogP contribution in [0.3, 0.4) is 0 Å². The molecule has 0 saturated heterocycles. The lowest BCUT2D eigenvalue weighted by atomic mass is 9.82. The van der Waals surface area contributed by atoms with Crippen molar-refractivity contribution in [2.24, 2.45) is 0 Å². The van der Waals surface area contributed by atoms with E-state index in [0.29, 0.717) is 0 Å². The van der Waals surface area contributed by atoms with Crippen molar-refractivity contribution in [2.45, 2.75) is 38.5 Å². The van der Waals surface area contributed by atoms with Gasteiger partial charge in [0.1, 0.15) is 0 Å². The first-order valence-corrected chi connectivity index (χ1v) is 25.6. The fourth-order valence-corrected chi connectivity index (χ4v) is 12.6. The molecule has 0 fully saturated rings. The van der Waals surface area contributed by atoms with Gasteiger partial charge in [0.2, 0.25) is 0 Å². The smallest absolute Gasteiger partial charge is 0.0541 e. The molecule has 73 heavy (non-hydrogen) atoms. The van der Waals surface area contributed by atoms with Crippen LogP contribution in [0.5, 0.6) is 0 Å². The molecule has 0 saturated carbocycles. The van der Waals surface area contributed by atoms with Gasteiger partial charge in [0.05, 0.1) is 22.4 Å². The minimum atomic E-state index is -0.164. The van der Waals surface area contributed by atoms with E-state index in [4.69, 9.17) is 0 Å². The van der Waals surface area contributed by atoms with Gasteiger partial charge < -0.3 is 14.4 Å². The molecule has 1 heterocycles. The lowest BCUT2D eigenvalue weighted by molar-refractivity contribution is 0.660. The van der Waals surface area contributed by atoms with Crippen molar-refractivity contribution in [1.29, 1.82) is 0 Å². The number of benzene rings is 11. The van der Waals surface area contributed by atoms with Crippen LogP contribution in [-0.4, -0.2) is 4.57 Å². The minimum Gasteiger partial charge on any atom is -0.310 e. The molecule has 0 bridgehead atoms. The van der Waals surface area contributed by atoms with E-state index in [1.165, 1.54) is 82.8 Å². The molecule has 3 heteroatoms. The van der Waals surface area contributed by atoms with Crippen LogP contribution >= 0.6 is 0 Å². The zero-order valence-electron chi connectivity index (χ0n) is 41.5. The third-order valence-electron chi connectivity index (χ3n) is 16.1. The number of rotatable bonds is 8. The summed E-state index contributed by atoms with van der Waals surface area (Å²) >= 11 is 0. The Bertz CT molecular complexity index is 4150. The summed E-state index contributed by atoms with van der Waals surface area (Å²) < 4.78 is 2.46. The van der Waals surface area contributed by atoms with Crippen LogP contribution in [0.15, 0.2) is 249 Å². The van der Waals surface area contributed by atoms with Crippen molar-refractivity contribution >= 4 is 66.7 Å². The van der Waals surface area contributed by atoms with Gasteiger partial charge >= 0.3 is 0 Å². The number of aromatic nitrogens is 1. The van der Waals surface area contributed by atoms with Gasteiger partial charge in [-0.05, 0) is 146 Å². The summed E-state index contributed by atoms with van der Waals surface area (Å²) in [7, 11) is 0. The highest BCUT2D eigenvalue weighted by Crippen LogP contribution is 2.54. The Hall–Kier alpha value is -8.92. The molecule has 12 aromatic rings. The summed E-state index contributed by atoms with van der Waals surface area (Å²) in [5.74, 6) is 0. The second-order valence-electron chi connectivity index (χ2n) is 20.9. The molecule has 0 amide bonds. The highest BCUT2D eigenvalue weighted by atomic mass is 15.2. The van der Waals surface area contributed by atoms with E-state index in [2.05, 4.69) is 291 Å². The van der Waals surface area contributed by atoms with Crippen LogP contribution in [0.4, 0.5) is 34.1 Å². The fraction of sp³-hybridized carbons (Fsp3) is 0.0857. The lowest BCUT2D eigenvalue weighted by Gasteiger charge is -2.32. The van der Waals surface area contributed by atoms with Gasteiger partial charge in [0, 0.05) is 61.0 Å². The highest BCUT2D eigenvalue weighted by molar-refractivity contribution is 6.12. The van der Waals surface area contributed by atoms with Crippen LogP contribution in [0.1, 0.15) is 49.9 Å². The Kier molecular flexibility index (Phi) is 9.59. The van der Waals surface area contributed by atoms with Gasteiger partial charge in [0.15, 0.2) is 0 Å². The average Bonchev–Trinajstić information content (AvgIpc) is 3.98. The van der Waals surface area contributed by atoms with Crippen molar-refractivity contribution in [2.75, 3.05) is 9.80 Å². The van der Waals surface area contributed by atoms with Crippen molar-refractivity contribution < 1.29 is 0 Å². The van der Waals surface area contributed by atoms with Crippen molar-refractivity contribution in [1.82, 2.24) is 4.57 Å². The lowest BCUT2D eigenvalue weighted by Crippen LogP contribution is -2.17. The second kappa shape index (κ2) is 16.3. The Morgan fingerprint density at radius 3 is 1.47 bits per heavy atom. The Labute approximate surface area is 427 Å². The molecule has 2 aliphatic rings. The molecule has 0 aliphatic heterocycles. The first-order valence-electron chi connectivity index (χ1n) is 25.6. The zero-order valence-corrected chi connectivity index (χ0v) is 41.5. The predicted molar refractivity (Wildman–Crippen MR) is 308 cm³/mol. The number of hydrogen-bond acceptors (Lipinski definition) is 2. The number of para-hydroxylation sites is 3. The van der Waals surface area contributed by atoms with E-state index in [1.807, 2.05) is 0 Å². The van der Waals surface area contributed by atoms with Crippen molar-refractivity contribution in [3.05, 3.63) is 271 Å². The Balaban J connectivity index is 1.02. The SMILES string of the molecule is CC1(C)c2ccccc2-c2ccc(N(c3ccccc3)c3ccc(N(c4ccccc4)c4ccc5c(c4)C(C)(C)c4ccccc4-5)c(-c4ccc5c(c4)c4ccccc4n5-c4cccc5ccccc45)c3)cc21. The molecule has 2 aliphatic carbocycles. The number of anilines is 6. The molecule has 3 nitrogen and oxygen atoms in total. The summed E-state index contributed by atoms with van der Waals surface area (Å²) in [5.41, 5.74) is 22.8. The van der Waals surface area contributed by atoms with E-state index < -0.39 is 0 Å². The van der Waals surface area contributed by atoms with Crippen LogP contribution in [-0.2, 0) is 10.8 Å².